The molecule has 0 spiro atoms. The first-order valence-corrected chi connectivity index (χ1v) is 8.18. The van der Waals surface area contributed by atoms with Gasteiger partial charge in [0.05, 0.1) is 0 Å². The van der Waals surface area contributed by atoms with Gasteiger partial charge >= 0.3 is 0 Å². The second-order valence-corrected chi connectivity index (χ2v) is 6.73. The second-order valence-electron chi connectivity index (χ2n) is 5.50. The molecular weight excluding hydrogens is 200 g/mol. The van der Waals surface area contributed by atoms with Gasteiger partial charge < -0.3 is 0 Å². The van der Waals surface area contributed by atoms with Crippen molar-refractivity contribution in [2.24, 2.45) is 11.8 Å². The predicted octanol–water partition coefficient (Wildman–Crippen LogP) is 4.88. The van der Waals surface area contributed by atoms with E-state index in [4.69, 9.17) is 0 Å². The molecule has 0 radical (unpaired) electrons. The highest BCUT2D eigenvalue weighted by atomic mass is 32.2. The Kier molecular flexibility index (Phi) is 5.38. The molecule has 1 aliphatic carbocycles. The molecular formula is C14H26S. The minimum absolute atomic E-state index is 1.09. The Hall–Kier alpha value is 0.350. The molecule has 0 aromatic carbocycles. The van der Waals surface area contributed by atoms with Crippen molar-refractivity contribution in [1.29, 1.82) is 0 Å². The first kappa shape index (κ1) is 11.8. The van der Waals surface area contributed by atoms with E-state index < -0.39 is 0 Å². The Labute approximate surface area is 99.6 Å². The van der Waals surface area contributed by atoms with Crippen molar-refractivity contribution in [2.45, 2.75) is 64.2 Å². The fourth-order valence-electron chi connectivity index (χ4n) is 3.31. The number of thioether (sulfide) groups is 1. The van der Waals surface area contributed by atoms with Gasteiger partial charge in [0.25, 0.3) is 0 Å². The van der Waals surface area contributed by atoms with Crippen LogP contribution in [0.1, 0.15) is 64.2 Å². The zero-order chi connectivity index (χ0) is 10.3. The summed E-state index contributed by atoms with van der Waals surface area (Å²) in [6, 6.07) is 0. The highest BCUT2D eigenvalue weighted by Gasteiger charge is 2.20. The lowest BCUT2D eigenvalue weighted by atomic mass is 9.87. The summed E-state index contributed by atoms with van der Waals surface area (Å²) in [4.78, 5) is 0. The molecule has 1 heterocycles. The molecule has 0 aromatic heterocycles. The maximum absolute atomic E-state index is 2.19. The number of hydrogen-bond donors (Lipinski definition) is 0. The van der Waals surface area contributed by atoms with Gasteiger partial charge in [0.2, 0.25) is 0 Å². The van der Waals surface area contributed by atoms with Crippen LogP contribution in [0, 0.1) is 11.8 Å². The van der Waals surface area contributed by atoms with Crippen molar-refractivity contribution in [3.63, 3.8) is 0 Å². The molecule has 1 saturated heterocycles. The highest BCUT2D eigenvalue weighted by molar-refractivity contribution is 7.99. The molecule has 88 valence electrons. The molecule has 2 aliphatic rings. The monoisotopic (exact) mass is 226 g/mol. The van der Waals surface area contributed by atoms with Crippen LogP contribution in [-0.2, 0) is 0 Å². The quantitative estimate of drug-likeness (QED) is 0.646. The van der Waals surface area contributed by atoms with Crippen molar-refractivity contribution in [2.75, 3.05) is 11.5 Å². The Bertz CT molecular complexity index is 151. The summed E-state index contributed by atoms with van der Waals surface area (Å²) >= 11 is 2.19. The topological polar surface area (TPSA) is 0 Å². The third-order valence-corrected chi connectivity index (χ3v) is 5.35. The number of rotatable bonds is 2. The number of hydrogen-bond acceptors (Lipinski definition) is 1. The van der Waals surface area contributed by atoms with Crippen molar-refractivity contribution in [3.05, 3.63) is 0 Å². The highest BCUT2D eigenvalue weighted by Crippen LogP contribution is 2.34. The summed E-state index contributed by atoms with van der Waals surface area (Å²) in [6.45, 7) is 0. The summed E-state index contributed by atoms with van der Waals surface area (Å²) in [5, 5.41) is 0. The molecule has 0 N–H and O–H groups in total. The minimum atomic E-state index is 1.09. The summed E-state index contributed by atoms with van der Waals surface area (Å²) in [5.41, 5.74) is 0. The van der Waals surface area contributed by atoms with Gasteiger partial charge in [-0.3, -0.25) is 0 Å². The van der Waals surface area contributed by atoms with Gasteiger partial charge in [-0.25, -0.2) is 0 Å². The molecule has 2 fully saturated rings. The lowest BCUT2D eigenvalue weighted by molar-refractivity contribution is 0.331. The normalized spacial score (nSPS) is 30.8. The standard InChI is InChI=1S/C14H26S/c1-2-7-13(6-1)12-14-8-3-4-10-15-11-5-9-14/h13-14H,1-12H2. The van der Waals surface area contributed by atoms with Crippen LogP contribution >= 0.6 is 11.8 Å². The molecule has 2 rings (SSSR count). The molecule has 0 amide bonds. The van der Waals surface area contributed by atoms with Gasteiger partial charge in [-0.2, -0.15) is 11.8 Å². The third kappa shape index (κ3) is 4.38. The molecule has 1 saturated carbocycles. The largest absolute Gasteiger partial charge is 0.162 e. The van der Waals surface area contributed by atoms with E-state index in [2.05, 4.69) is 11.8 Å². The van der Waals surface area contributed by atoms with Crippen LogP contribution in [0.15, 0.2) is 0 Å². The Morgan fingerprint density at radius 2 is 1.20 bits per heavy atom. The average Bonchev–Trinajstić information content (AvgIpc) is 2.75. The maximum atomic E-state index is 2.19. The third-order valence-electron chi connectivity index (χ3n) is 4.19. The summed E-state index contributed by atoms with van der Waals surface area (Å²) < 4.78 is 0. The van der Waals surface area contributed by atoms with Gasteiger partial charge in [-0.05, 0) is 49.0 Å². The predicted molar refractivity (Wildman–Crippen MR) is 70.5 cm³/mol. The van der Waals surface area contributed by atoms with Gasteiger partial charge in [-0.15, -0.1) is 0 Å². The SMILES string of the molecule is C1CCC(CC2CCCC2)CCCSC1. The van der Waals surface area contributed by atoms with E-state index in [0.29, 0.717) is 0 Å². The zero-order valence-corrected chi connectivity index (χ0v) is 10.9. The molecule has 0 nitrogen and oxygen atoms in total. The van der Waals surface area contributed by atoms with Gasteiger partial charge in [0.1, 0.15) is 0 Å². The smallest absolute Gasteiger partial charge is 0.00674 e. The van der Waals surface area contributed by atoms with Crippen LogP contribution in [0.2, 0.25) is 0 Å². The van der Waals surface area contributed by atoms with Crippen LogP contribution in [0.25, 0.3) is 0 Å². The van der Waals surface area contributed by atoms with E-state index in [0.717, 1.165) is 11.8 Å². The molecule has 1 aliphatic heterocycles. The molecule has 15 heavy (non-hydrogen) atoms. The first-order valence-electron chi connectivity index (χ1n) is 7.03. The van der Waals surface area contributed by atoms with Crippen LogP contribution in [0.4, 0.5) is 0 Å². The lowest BCUT2D eigenvalue weighted by Gasteiger charge is -2.19. The molecule has 0 bridgehead atoms. The lowest BCUT2D eigenvalue weighted by Crippen LogP contribution is -2.07. The minimum Gasteiger partial charge on any atom is -0.162 e. The first-order chi connectivity index (χ1) is 7.45. The van der Waals surface area contributed by atoms with Crippen molar-refractivity contribution in [3.8, 4) is 0 Å². The van der Waals surface area contributed by atoms with E-state index in [1.165, 1.54) is 56.5 Å². The fraction of sp³-hybridized carbons (Fsp3) is 1.00. The van der Waals surface area contributed by atoms with Gasteiger partial charge in [0.15, 0.2) is 0 Å². The van der Waals surface area contributed by atoms with E-state index in [-0.39, 0.29) is 0 Å². The maximum Gasteiger partial charge on any atom is -0.00674 e. The molecule has 0 aromatic rings. The Morgan fingerprint density at radius 3 is 1.93 bits per heavy atom. The molecule has 1 unspecified atom stereocenters. The molecule has 1 heteroatoms. The van der Waals surface area contributed by atoms with Gasteiger partial charge in [-0.1, -0.05) is 38.5 Å². The van der Waals surface area contributed by atoms with E-state index >= 15 is 0 Å². The second kappa shape index (κ2) is 6.83. The fourth-order valence-corrected chi connectivity index (χ4v) is 4.29. The van der Waals surface area contributed by atoms with Crippen LogP contribution in [0.3, 0.4) is 0 Å². The van der Waals surface area contributed by atoms with E-state index in [1.807, 2.05) is 0 Å². The van der Waals surface area contributed by atoms with Gasteiger partial charge in [0, 0.05) is 0 Å². The van der Waals surface area contributed by atoms with Crippen LogP contribution in [-0.4, -0.2) is 11.5 Å². The van der Waals surface area contributed by atoms with Crippen LogP contribution < -0.4 is 0 Å². The van der Waals surface area contributed by atoms with E-state index in [1.54, 1.807) is 19.3 Å². The van der Waals surface area contributed by atoms with Crippen molar-refractivity contribution < 1.29 is 0 Å². The van der Waals surface area contributed by atoms with Crippen molar-refractivity contribution in [1.82, 2.24) is 0 Å². The zero-order valence-electron chi connectivity index (χ0n) is 10.0. The average molecular weight is 226 g/mol. The Morgan fingerprint density at radius 1 is 0.667 bits per heavy atom. The summed E-state index contributed by atoms with van der Waals surface area (Å²) in [6.07, 6.45) is 15.3. The summed E-state index contributed by atoms with van der Waals surface area (Å²) in [5.74, 6) is 5.06. The summed E-state index contributed by atoms with van der Waals surface area (Å²) in [7, 11) is 0. The van der Waals surface area contributed by atoms with E-state index in [9.17, 15) is 0 Å². The van der Waals surface area contributed by atoms with Crippen molar-refractivity contribution >= 4 is 11.8 Å². The van der Waals surface area contributed by atoms with Crippen LogP contribution in [0.5, 0.6) is 0 Å². The molecule has 1 atom stereocenters. The Balaban J connectivity index is 1.72.